The van der Waals surface area contributed by atoms with Crippen molar-refractivity contribution < 1.29 is 29.5 Å². The van der Waals surface area contributed by atoms with E-state index in [0.717, 1.165) is 58.5 Å². The number of hydrogen-bond donors (Lipinski definition) is 3. The van der Waals surface area contributed by atoms with E-state index in [1.807, 2.05) is 0 Å². The average Bonchev–Trinajstić information content (AvgIpc) is 3.61. The molecular formula is C40H68N2O6. The smallest absolute Gasteiger partial charge is 0.170 e. The molecule has 8 rings (SSSR count). The van der Waals surface area contributed by atoms with Crippen molar-refractivity contribution >= 4 is 0 Å². The van der Waals surface area contributed by atoms with Gasteiger partial charge in [-0.05, 0) is 124 Å². The maximum atomic E-state index is 12.5. The molecule has 0 aromatic rings. The van der Waals surface area contributed by atoms with Crippen molar-refractivity contribution in [3.05, 3.63) is 0 Å². The fourth-order valence-corrected chi connectivity index (χ4v) is 14.6. The summed E-state index contributed by atoms with van der Waals surface area (Å²) in [4.78, 5) is 5.18. The van der Waals surface area contributed by atoms with E-state index < -0.39 is 23.9 Å². The lowest BCUT2D eigenvalue weighted by Gasteiger charge is -2.64. The van der Waals surface area contributed by atoms with E-state index in [0.29, 0.717) is 40.7 Å². The lowest BCUT2D eigenvalue weighted by molar-refractivity contribution is -0.253. The summed E-state index contributed by atoms with van der Waals surface area (Å²) in [6, 6.07) is 1.25. The van der Waals surface area contributed by atoms with E-state index >= 15 is 0 Å². The minimum Gasteiger partial charge on any atom is -0.390 e. The summed E-state index contributed by atoms with van der Waals surface area (Å²) in [6.45, 7) is 25.1. The topological polar surface area (TPSA) is 94.9 Å². The van der Waals surface area contributed by atoms with Gasteiger partial charge in [0, 0.05) is 43.7 Å². The fraction of sp³-hybridized carbons (Fsp3) is 1.00. The average molecular weight is 673 g/mol. The molecule has 8 heteroatoms. The Balaban J connectivity index is 0.991. The van der Waals surface area contributed by atoms with E-state index in [2.05, 4.69) is 58.3 Å². The van der Waals surface area contributed by atoms with Gasteiger partial charge in [0.15, 0.2) is 6.29 Å². The van der Waals surface area contributed by atoms with Gasteiger partial charge < -0.3 is 29.5 Å². The van der Waals surface area contributed by atoms with Gasteiger partial charge in [-0.2, -0.15) is 0 Å². The molecule has 3 N–H and O–H groups in total. The highest BCUT2D eigenvalue weighted by Crippen LogP contribution is 2.89. The summed E-state index contributed by atoms with van der Waals surface area (Å²) in [5.74, 6) is 1.68. The van der Waals surface area contributed by atoms with Crippen molar-refractivity contribution in [2.75, 3.05) is 32.8 Å². The van der Waals surface area contributed by atoms with Gasteiger partial charge in [0.25, 0.3) is 0 Å². The largest absolute Gasteiger partial charge is 0.390 e. The summed E-state index contributed by atoms with van der Waals surface area (Å²) in [7, 11) is 0. The second-order valence-corrected chi connectivity index (χ2v) is 20.3. The molecule has 0 aromatic heterocycles. The Morgan fingerprint density at radius 2 is 1.62 bits per heavy atom. The van der Waals surface area contributed by atoms with E-state index in [1.165, 1.54) is 25.7 Å². The van der Waals surface area contributed by atoms with Crippen LogP contribution in [0.5, 0.6) is 0 Å². The zero-order valence-corrected chi connectivity index (χ0v) is 31.6. The number of aliphatic hydroxyl groups is 3. The SMILES string of the molecule is CC(C)N1CC(N2CCO[C@@H](OC3CC[C@]45CC46CC[C@]4(C)[C@@H]7[C@H](O[C@@H]([C@@H](O)C(C)(C)O)C[C@H]7C)[C@H](O)[C@@]4(C)[C@@H]6CC[C@H]5C3(C)C)C2)C1. The minimum absolute atomic E-state index is 0.0135. The van der Waals surface area contributed by atoms with Crippen molar-refractivity contribution in [2.45, 2.75) is 168 Å². The molecule has 14 atom stereocenters. The molecule has 0 bridgehead atoms. The highest BCUT2D eigenvalue weighted by Gasteiger charge is 2.84. The van der Waals surface area contributed by atoms with Gasteiger partial charge in [0.2, 0.25) is 0 Å². The predicted molar refractivity (Wildman–Crippen MR) is 185 cm³/mol. The normalized spacial score (nSPS) is 52.8. The van der Waals surface area contributed by atoms with Crippen LogP contribution in [0.25, 0.3) is 0 Å². The molecule has 3 aliphatic heterocycles. The molecule has 8 nitrogen and oxygen atoms in total. The number of fused-ring (bicyclic) bond motifs is 4. The zero-order valence-electron chi connectivity index (χ0n) is 31.6. The number of hydrogen-bond acceptors (Lipinski definition) is 8. The monoisotopic (exact) mass is 673 g/mol. The molecule has 8 aliphatic rings. The molecule has 5 saturated carbocycles. The van der Waals surface area contributed by atoms with Crippen molar-refractivity contribution in [2.24, 2.45) is 50.7 Å². The van der Waals surface area contributed by atoms with Gasteiger partial charge in [-0.15, -0.1) is 0 Å². The van der Waals surface area contributed by atoms with Crippen LogP contribution >= 0.6 is 0 Å². The van der Waals surface area contributed by atoms with Gasteiger partial charge in [-0.3, -0.25) is 9.80 Å². The summed E-state index contributed by atoms with van der Waals surface area (Å²) in [5, 5.41) is 34.2. The van der Waals surface area contributed by atoms with Crippen molar-refractivity contribution in [3.63, 3.8) is 0 Å². The number of rotatable bonds is 6. The van der Waals surface area contributed by atoms with Crippen molar-refractivity contribution in [1.29, 1.82) is 0 Å². The fourth-order valence-electron chi connectivity index (χ4n) is 14.6. The van der Waals surface area contributed by atoms with E-state index in [1.54, 1.807) is 13.8 Å². The van der Waals surface area contributed by atoms with Gasteiger partial charge in [0.05, 0.1) is 36.6 Å². The molecule has 2 spiro atoms. The molecule has 3 saturated heterocycles. The molecule has 48 heavy (non-hydrogen) atoms. The predicted octanol–water partition coefficient (Wildman–Crippen LogP) is 5.07. The second kappa shape index (κ2) is 11.1. The van der Waals surface area contributed by atoms with Crippen molar-refractivity contribution in [3.8, 4) is 0 Å². The molecule has 2 unspecified atom stereocenters. The van der Waals surface area contributed by atoms with E-state index in [9.17, 15) is 15.3 Å². The Labute approximate surface area is 290 Å². The van der Waals surface area contributed by atoms with Crippen LogP contribution in [-0.2, 0) is 14.2 Å². The van der Waals surface area contributed by atoms with Crippen LogP contribution in [0.15, 0.2) is 0 Å². The first-order chi connectivity index (χ1) is 22.4. The second-order valence-electron chi connectivity index (χ2n) is 20.3. The van der Waals surface area contributed by atoms with Crippen LogP contribution in [0, 0.1) is 50.7 Å². The van der Waals surface area contributed by atoms with Crippen LogP contribution in [0.2, 0.25) is 0 Å². The molecule has 8 fully saturated rings. The van der Waals surface area contributed by atoms with Gasteiger partial charge in [-0.1, -0.05) is 34.6 Å². The molecule has 3 heterocycles. The molecule has 0 amide bonds. The Morgan fingerprint density at radius 3 is 2.31 bits per heavy atom. The molecule has 0 aromatic carbocycles. The van der Waals surface area contributed by atoms with E-state index in [4.69, 9.17) is 14.2 Å². The van der Waals surface area contributed by atoms with Gasteiger partial charge in [0.1, 0.15) is 6.10 Å². The lowest BCUT2D eigenvalue weighted by atomic mass is 9.41. The molecule has 0 radical (unpaired) electrons. The van der Waals surface area contributed by atoms with Crippen LogP contribution in [0.1, 0.15) is 114 Å². The van der Waals surface area contributed by atoms with Crippen molar-refractivity contribution in [1.82, 2.24) is 9.80 Å². The van der Waals surface area contributed by atoms with Gasteiger partial charge in [-0.25, -0.2) is 0 Å². The highest BCUT2D eigenvalue weighted by atomic mass is 16.7. The lowest BCUT2D eigenvalue weighted by Crippen LogP contribution is -2.64. The minimum atomic E-state index is -1.24. The van der Waals surface area contributed by atoms with Gasteiger partial charge >= 0.3 is 0 Å². The number of aliphatic hydroxyl groups excluding tert-OH is 2. The van der Waals surface area contributed by atoms with Crippen LogP contribution in [0.4, 0.5) is 0 Å². The first-order valence-corrected chi connectivity index (χ1v) is 19.9. The quantitative estimate of drug-likeness (QED) is 0.361. The number of likely N-dealkylation sites (tertiary alicyclic amines) is 1. The summed E-state index contributed by atoms with van der Waals surface area (Å²) < 4.78 is 20.0. The summed E-state index contributed by atoms with van der Waals surface area (Å²) >= 11 is 0. The highest BCUT2D eigenvalue weighted by molar-refractivity contribution is 5.33. The van der Waals surface area contributed by atoms with Crippen LogP contribution in [-0.4, -0.2) is 112 Å². The Hall–Kier alpha value is -0.320. The number of morpholine rings is 1. The Bertz CT molecular complexity index is 1250. The number of ether oxygens (including phenoxy) is 3. The zero-order chi connectivity index (χ0) is 34.4. The standard InChI is InChI=1S/C40H68N2O6/c1-23(2)42-19-25(20-42)41-16-17-46-30(21-41)48-29-12-13-39-22-40(39)15-14-37(8)31-24(3)18-26(33(43)36(6,7)45)47-32(31)34(44)38(37,9)28(40)11-10-27(39)35(29,4)5/h23-34,43-45H,10-22H2,1-9H3/t24-,26-,27+,28+,29?,30+,31+,32+,33-,34+,37-,38-,39-,40?/m1/s1. The first kappa shape index (κ1) is 34.7. The van der Waals surface area contributed by atoms with Crippen LogP contribution in [0.3, 0.4) is 0 Å². The summed E-state index contributed by atoms with van der Waals surface area (Å²) in [5.41, 5.74) is -0.781. The maximum absolute atomic E-state index is 12.5. The third-order valence-electron chi connectivity index (χ3n) is 17.4. The summed E-state index contributed by atoms with van der Waals surface area (Å²) in [6.07, 6.45) is 6.90. The Morgan fingerprint density at radius 1 is 0.938 bits per heavy atom. The Kier molecular flexibility index (Phi) is 8.04. The van der Waals surface area contributed by atoms with Crippen LogP contribution < -0.4 is 0 Å². The van der Waals surface area contributed by atoms with E-state index in [-0.39, 0.29) is 40.7 Å². The molecule has 274 valence electrons. The third-order valence-corrected chi connectivity index (χ3v) is 17.4. The number of nitrogens with zero attached hydrogens (tertiary/aromatic N) is 2. The maximum Gasteiger partial charge on any atom is 0.170 e. The molecular weight excluding hydrogens is 604 g/mol. The molecule has 5 aliphatic carbocycles. The third kappa shape index (κ3) is 4.54. The first-order valence-electron chi connectivity index (χ1n) is 19.9.